The van der Waals surface area contributed by atoms with Crippen molar-refractivity contribution >= 4 is 52.1 Å². The number of hydrogen-bond donors (Lipinski definition) is 9. The Hall–Kier alpha value is -4.82. The molecule has 55 heavy (non-hydrogen) atoms. The Morgan fingerprint density at radius 2 is 0.982 bits per heavy atom. The van der Waals surface area contributed by atoms with Gasteiger partial charge < -0.3 is 49.5 Å². The van der Waals surface area contributed by atoms with E-state index in [4.69, 9.17) is 22.9 Å². The van der Waals surface area contributed by atoms with Crippen LogP contribution in [0.5, 0.6) is 0 Å². The van der Waals surface area contributed by atoms with Crippen LogP contribution in [-0.2, 0) is 20.4 Å². The topological polar surface area (TPSA) is 233 Å². The second-order valence-electron chi connectivity index (χ2n) is 15.5. The number of carbonyl (C=O) groups is 4. The largest absolute Gasteiger partial charge is 0.380 e. The maximum absolute atomic E-state index is 13.8. The van der Waals surface area contributed by atoms with E-state index in [9.17, 15) is 19.2 Å². The SMILES string of the molecule is CCCN.Cc1c(NC(=O)CCCN)cc(C(C)(C)C)cc1NC(=O)c1cccc(C(=O)Nc2cc(C(C)(C)C)cc(NC(=O)CCCN)c2NCCN)c1. The Morgan fingerprint density at radius 1 is 0.582 bits per heavy atom. The predicted molar refractivity (Wildman–Crippen MR) is 228 cm³/mol. The molecule has 4 amide bonds. The van der Waals surface area contributed by atoms with Gasteiger partial charge in [0.1, 0.15) is 0 Å². The third-order valence-corrected chi connectivity index (χ3v) is 8.66. The number of carbonyl (C=O) groups excluding carboxylic acids is 4. The van der Waals surface area contributed by atoms with Crippen molar-refractivity contribution in [2.45, 2.75) is 98.3 Å². The Balaban J connectivity index is 0.00000248. The van der Waals surface area contributed by atoms with Gasteiger partial charge in [-0.1, -0.05) is 54.5 Å². The maximum atomic E-state index is 13.8. The van der Waals surface area contributed by atoms with Crippen LogP contribution < -0.4 is 49.5 Å². The molecule has 13 nitrogen and oxygen atoms in total. The van der Waals surface area contributed by atoms with Gasteiger partial charge in [0.15, 0.2) is 0 Å². The third kappa shape index (κ3) is 14.7. The molecule has 0 unspecified atom stereocenters. The first-order valence-electron chi connectivity index (χ1n) is 19.1. The van der Waals surface area contributed by atoms with Crippen LogP contribution in [0, 0.1) is 6.92 Å². The first-order chi connectivity index (χ1) is 25.9. The molecule has 0 heterocycles. The van der Waals surface area contributed by atoms with Crippen molar-refractivity contribution in [2.24, 2.45) is 22.9 Å². The summed E-state index contributed by atoms with van der Waals surface area (Å²) in [5.74, 6) is -1.20. The molecule has 302 valence electrons. The van der Waals surface area contributed by atoms with Crippen LogP contribution in [0.3, 0.4) is 0 Å². The van der Waals surface area contributed by atoms with E-state index < -0.39 is 11.8 Å². The fraction of sp³-hybridized carbons (Fsp3) is 0.476. The highest BCUT2D eigenvalue weighted by Crippen LogP contribution is 2.38. The standard InChI is InChI=1S/C39H56N8O4.C3H9N/c1-24-29(44-33(48)13-9-15-40)20-27(38(2,3)4)21-30(24)46-36(50)25-11-8-12-26(19-25)37(51)47-32-23-28(39(5,6)7)22-31(35(32)43-18-17-42)45-34(49)14-10-16-41;1-2-3-4/h8,11-12,19-23,43H,9-10,13-18,40-42H2,1-7H3,(H,44,48)(H,45,49)(H,46,50)(H,47,51);2-4H2,1H3. The molecule has 0 aliphatic rings. The molecule has 13 N–H and O–H groups in total. The number of hydrogen-bond acceptors (Lipinski definition) is 9. The van der Waals surface area contributed by atoms with Gasteiger partial charge in [-0.05, 0) is 116 Å². The van der Waals surface area contributed by atoms with E-state index in [0.717, 1.165) is 24.1 Å². The number of nitrogens with one attached hydrogen (secondary N) is 5. The summed E-state index contributed by atoms with van der Waals surface area (Å²) in [6.45, 7) is 18.5. The van der Waals surface area contributed by atoms with E-state index in [1.165, 1.54) is 6.07 Å². The third-order valence-electron chi connectivity index (χ3n) is 8.66. The van der Waals surface area contributed by atoms with E-state index in [2.05, 4.69) is 54.3 Å². The van der Waals surface area contributed by atoms with Crippen molar-refractivity contribution in [1.82, 2.24) is 0 Å². The van der Waals surface area contributed by atoms with Gasteiger partial charge in [-0.25, -0.2) is 0 Å². The van der Waals surface area contributed by atoms with E-state index in [-0.39, 0.29) is 40.2 Å². The highest BCUT2D eigenvalue weighted by atomic mass is 16.2. The molecule has 0 aliphatic carbocycles. The number of benzene rings is 3. The normalized spacial score (nSPS) is 11.2. The van der Waals surface area contributed by atoms with Crippen molar-refractivity contribution in [3.63, 3.8) is 0 Å². The van der Waals surface area contributed by atoms with Crippen LogP contribution in [0.15, 0.2) is 48.5 Å². The highest BCUT2D eigenvalue weighted by Gasteiger charge is 2.23. The smallest absolute Gasteiger partial charge is 0.255 e. The van der Waals surface area contributed by atoms with Crippen LogP contribution in [0.25, 0.3) is 0 Å². The van der Waals surface area contributed by atoms with Crippen LogP contribution >= 0.6 is 0 Å². The van der Waals surface area contributed by atoms with Gasteiger partial charge in [-0.3, -0.25) is 19.2 Å². The van der Waals surface area contributed by atoms with Crippen molar-refractivity contribution < 1.29 is 19.2 Å². The first kappa shape index (κ1) is 46.3. The van der Waals surface area contributed by atoms with E-state index in [1.807, 2.05) is 52.0 Å². The Kier molecular flexibility index (Phi) is 18.5. The van der Waals surface area contributed by atoms with Crippen LogP contribution in [-0.4, -0.2) is 56.4 Å². The molecular formula is C42H65N9O4. The molecule has 0 aromatic heterocycles. The second kappa shape index (κ2) is 21.9. The van der Waals surface area contributed by atoms with Crippen LogP contribution in [0.4, 0.5) is 28.4 Å². The quantitative estimate of drug-likeness (QED) is 0.0811. The molecule has 0 bridgehead atoms. The molecule has 0 saturated heterocycles. The summed E-state index contributed by atoms with van der Waals surface area (Å²) in [6, 6.07) is 14.0. The molecule has 0 radical (unpaired) electrons. The van der Waals surface area contributed by atoms with E-state index in [1.54, 1.807) is 18.2 Å². The van der Waals surface area contributed by atoms with Crippen molar-refractivity contribution in [3.8, 4) is 0 Å². The molecule has 13 heteroatoms. The van der Waals surface area contributed by atoms with Gasteiger partial charge in [0.2, 0.25) is 11.8 Å². The van der Waals surface area contributed by atoms with Crippen molar-refractivity contribution in [2.75, 3.05) is 59.3 Å². The predicted octanol–water partition coefficient (Wildman–Crippen LogP) is 6.18. The summed E-state index contributed by atoms with van der Waals surface area (Å²) < 4.78 is 0. The molecule has 3 rings (SSSR count). The molecule has 0 spiro atoms. The molecular weight excluding hydrogens is 695 g/mol. The molecule has 3 aromatic rings. The van der Waals surface area contributed by atoms with Gasteiger partial charge >= 0.3 is 0 Å². The summed E-state index contributed by atoms with van der Waals surface area (Å²) >= 11 is 0. The molecule has 3 aromatic carbocycles. The van der Waals surface area contributed by atoms with Gasteiger partial charge in [-0.2, -0.15) is 0 Å². The van der Waals surface area contributed by atoms with Gasteiger partial charge in [0.25, 0.3) is 11.8 Å². The molecule has 0 saturated carbocycles. The average molecular weight is 760 g/mol. The highest BCUT2D eigenvalue weighted by molar-refractivity contribution is 6.11. The average Bonchev–Trinajstić information content (AvgIpc) is 3.13. The Morgan fingerprint density at radius 3 is 1.40 bits per heavy atom. The van der Waals surface area contributed by atoms with Crippen molar-refractivity contribution in [1.29, 1.82) is 0 Å². The fourth-order valence-electron chi connectivity index (χ4n) is 5.21. The number of rotatable bonds is 16. The molecule has 0 aliphatic heterocycles. The summed E-state index contributed by atoms with van der Waals surface area (Å²) in [4.78, 5) is 52.8. The zero-order valence-electron chi connectivity index (χ0n) is 34.1. The lowest BCUT2D eigenvalue weighted by atomic mass is 9.85. The zero-order chi connectivity index (χ0) is 41.3. The minimum absolute atomic E-state index is 0.152. The minimum Gasteiger partial charge on any atom is -0.380 e. The van der Waals surface area contributed by atoms with Crippen LogP contribution in [0.2, 0.25) is 0 Å². The van der Waals surface area contributed by atoms with Gasteiger partial charge in [0, 0.05) is 48.4 Å². The lowest BCUT2D eigenvalue weighted by molar-refractivity contribution is -0.117. The summed E-state index contributed by atoms with van der Waals surface area (Å²) in [7, 11) is 0. The van der Waals surface area contributed by atoms with Gasteiger partial charge in [-0.15, -0.1) is 0 Å². The molecule has 0 atom stereocenters. The summed E-state index contributed by atoms with van der Waals surface area (Å²) in [6.07, 6.45) is 2.76. The lowest BCUT2D eigenvalue weighted by Gasteiger charge is -2.25. The summed E-state index contributed by atoms with van der Waals surface area (Å²) in [5.41, 5.74) is 27.2. The van der Waals surface area contributed by atoms with E-state index >= 15 is 0 Å². The molecule has 0 fully saturated rings. The minimum atomic E-state index is -0.444. The maximum Gasteiger partial charge on any atom is 0.255 e. The Labute approximate surface area is 327 Å². The summed E-state index contributed by atoms with van der Waals surface area (Å²) in [5, 5.41) is 15.2. The Bertz CT molecular complexity index is 1760. The number of nitrogens with two attached hydrogens (primary N) is 4. The van der Waals surface area contributed by atoms with Crippen LogP contribution in [0.1, 0.15) is 118 Å². The van der Waals surface area contributed by atoms with Gasteiger partial charge in [0.05, 0.1) is 17.1 Å². The number of anilines is 5. The van der Waals surface area contributed by atoms with E-state index in [0.29, 0.717) is 79.4 Å². The lowest BCUT2D eigenvalue weighted by Crippen LogP contribution is -2.22. The second-order valence-corrected chi connectivity index (χ2v) is 15.5. The first-order valence-corrected chi connectivity index (χ1v) is 19.1. The monoisotopic (exact) mass is 760 g/mol. The fourth-order valence-corrected chi connectivity index (χ4v) is 5.21. The zero-order valence-corrected chi connectivity index (χ0v) is 34.1. The number of amides is 4. The van der Waals surface area contributed by atoms with Crippen molar-refractivity contribution in [3.05, 3.63) is 76.3 Å².